The van der Waals surface area contributed by atoms with Gasteiger partial charge in [0.15, 0.2) is 11.5 Å². The molecule has 3 N–H and O–H groups in total. The summed E-state index contributed by atoms with van der Waals surface area (Å²) in [6, 6.07) is 4.70. The largest absolute Gasteiger partial charge is 0.486 e. The third-order valence-electron chi connectivity index (χ3n) is 2.65. The predicted molar refractivity (Wildman–Crippen MR) is 70.4 cm³/mol. The van der Waals surface area contributed by atoms with Gasteiger partial charge in [0.1, 0.15) is 19.8 Å². The van der Waals surface area contributed by atoms with E-state index in [4.69, 9.17) is 14.6 Å². The summed E-state index contributed by atoms with van der Waals surface area (Å²) >= 11 is 0. The van der Waals surface area contributed by atoms with Crippen molar-refractivity contribution in [3.8, 4) is 11.5 Å². The first-order valence-corrected chi connectivity index (χ1v) is 6.22. The van der Waals surface area contributed by atoms with Crippen LogP contribution in [0.25, 0.3) is 0 Å². The molecule has 0 radical (unpaired) electrons. The van der Waals surface area contributed by atoms with Crippen LogP contribution in [0.3, 0.4) is 0 Å². The highest BCUT2D eigenvalue weighted by molar-refractivity contribution is 5.97. The number of ether oxygens (including phenoxy) is 2. The fourth-order valence-corrected chi connectivity index (χ4v) is 1.68. The highest BCUT2D eigenvalue weighted by atomic mass is 16.6. The van der Waals surface area contributed by atoms with Crippen molar-refractivity contribution in [1.82, 2.24) is 10.6 Å². The lowest BCUT2D eigenvalue weighted by molar-refractivity contribution is -0.137. The number of hydrogen-bond donors (Lipinski definition) is 3. The monoisotopic (exact) mass is 294 g/mol. The van der Waals surface area contributed by atoms with Crippen LogP contribution in [0.5, 0.6) is 11.5 Å². The lowest BCUT2D eigenvalue weighted by Crippen LogP contribution is -2.39. The molecule has 8 nitrogen and oxygen atoms in total. The number of fused-ring (bicyclic) bond motifs is 1. The Labute approximate surface area is 120 Å². The summed E-state index contributed by atoms with van der Waals surface area (Å²) in [6.45, 7) is 0.0806. The van der Waals surface area contributed by atoms with Crippen molar-refractivity contribution in [2.75, 3.05) is 26.3 Å². The Kier molecular flexibility index (Phi) is 4.60. The van der Waals surface area contributed by atoms with Gasteiger partial charge in [-0.3, -0.25) is 14.4 Å². The molecule has 1 aromatic carbocycles. The number of carbonyl (C=O) groups excluding carboxylic acids is 2. The Morgan fingerprint density at radius 2 is 1.76 bits per heavy atom. The average Bonchev–Trinajstić information content (AvgIpc) is 2.50. The molecular weight excluding hydrogens is 280 g/mol. The van der Waals surface area contributed by atoms with E-state index in [1.165, 1.54) is 6.07 Å². The number of carbonyl (C=O) groups is 3. The normalized spacial score (nSPS) is 12.4. The molecule has 112 valence electrons. The van der Waals surface area contributed by atoms with E-state index < -0.39 is 24.3 Å². The third kappa shape index (κ3) is 4.10. The van der Waals surface area contributed by atoms with Crippen LogP contribution in [0.15, 0.2) is 18.2 Å². The van der Waals surface area contributed by atoms with Gasteiger partial charge in [-0.15, -0.1) is 0 Å². The molecule has 0 spiro atoms. The highest BCUT2D eigenvalue weighted by Crippen LogP contribution is 2.30. The van der Waals surface area contributed by atoms with Crippen LogP contribution in [-0.4, -0.2) is 49.2 Å². The van der Waals surface area contributed by atoms with Gasteiger partial charge < -0.3 is 25.2 Å². The standard InChI is InChI=1S/C13H14N2O6/c16-11(14-7-12(17)18)6-15-13(19)8-1-2-9-10(5-8)21-4-3-20-9/h1-2,5H,3-4,6-7H2,(H,14,16)(H,15,19)(H,17,18). The number of carboxylic acids is 1. The Morgan fingerprint density at radius 1 is 1.05 bits per heavy atom. The number of nitrogens with one attached hydrogen (secondary N) is 2. The van der Waals surface area contributed by atoms with Crippen LogP contribution < -0.4 is 20.1 Å². The van der Waals surface area contributed by atoms with Gasteiger partial charge in [0, 0.05) is 5.56 Å². The molecule has 1 aromatic rings. The van der Waals surface area contributed by atoms with Gasteiger partial charge in [-0.1, -0.05) is 0 Å². The first-order chi connectivity index (χ1) is 10.1. The maximum atomic E-state index is 11.9. The van der Waals surface area contributed by atoms with Gasteiger partial charge in [0.2, 0.25) is 5.91 Å². The summed E-state index contributed by atoms with van der Waals surface area (Å²) in [7, 11) is 0. The van der Waals surface area contributed by atoms with E-state index in [2.05, 4.69) is 10.6 Å². The van der Waals surface area contributed by atoms with Gasteiger partial charge >= 0.3 is 5.97 Å². The third-order valence-corrected chi connectivity index (χ3v) is 2.65. The van der Waals surface area contributed by atoms with Crippen molar-refractivity contribution in [1.29, 1.82) is 0 Å². The Morgan fingerprint density at radius 3 is 2.48 bits per heavy atom. The van der Waals surface area contributed by atoms with Crippen molar-refractivity contribution in [3.63, 3.8) is 0 Å². The molecule has 0 aromatic heterocycles. The Hall–Kier alpha value is -2.77. The fourth-order valence-electron chi connectivity index (χ4n) is 1.68. The van der Waals surface area contributed by atoms with Gasteiger partial charge in [-0.25, -0.2) is 0 Å². The first-order valence-electron chi connectivity index (χ1n) is 6.22. The minimum absolute atomic E-state index is 0.305. The van der Waals surface area contributed by atoms with Crippen LogP contribution in [-0.2, 0) is 9.59 Å². The summed E-state index contributed by atoms with van der Waals surface area (Å²) in [5.74, 6) is -1.15. The van der Waals surface area contributed by atoms with Crippen molar-refractivity contribution in [3.05, 3.63) is 23.8 Å². The van der Waals surface area contributed by atoms with Crippen LogP contribution in [0.1, 0.15) is 10.4 Å². The predicted octanol–water partition coefficient (Wildman–Crippen LogP) is -0.612. The minimum Gasteiger partial charge on any atom is -0.486 e. The quantitative estimate of drug-likeness (QED) is 0.667. The molecule has 8 heteroatoms. The molecule has 0 saturated heterocycles. The summed E-state index contributed by atoms with van der Waals surface area (Å²) in [5, 5.41) is 12.9. The lowest BCUT2D eigenvalue weighted by Gasteiger charge is -2.18. The molecule has 0 fully saturated rings. The van der Waals surface area contributed by atoms with E-state index in [0.29, 0.717) is 30.3 Å². The number of amides is 2. The van der Waals surface area contributed by atoms with E-state index in [0.717, 1.165) is 0 Å². The van der Waals surface area contributed by atoms with E-state index >= 15 is 0 Å². The number of benzene rings is 1. The number of carboxylic acid groups (broad SMARTS) is 1. The smallest absolute Gasteiger partial charge is 0.322 e. The number of hydrogen-bond acceptors (Lipinski definition) is 5. The van der Waals surface area contributed by atoms with E-state index in [1.54, 1.807) is 12.1 Å². The molecule has 1 aliphatic heterocycles. The van der Waals surface area contributed by atoms with Crippen molar-refractivity contribution < 1.29 is 29.0 Å². The van der Waals surface area contributed by atoms with E-state index in [1.807, 2.05) is 0 Å². The van der Waals surface area contributed by atoms with Crippen molar-refractivity contribution >= 4 is 17.8 Å². The zero-order valence-electron chi connectivity index (χ0n) is 11.0. The van der Waals surface area contributed by atoms with Crippen LogP contribution >= 0.6 is 0 Å². The van der Waals surface area contributed by atoms with Crippen molar-refractivity contribution in [2.45, 2.75) is 0 Å². The Balaban J connectivity index is 1.88. The second kappa shape index (κ2) is 6.60. The molecule has 2 amide bonds. The van der Waals surface area contributed by atoms with E-state index in [-0.39, 0.29) is 6.54 Å². The lowest BCUT2D eigenvalue weighted by atomic mass is 10.2. The van der Waals surface area contributed by atoms with Gasteiger partial charge in [0.05, 0.1) is 6.54 Å². The average molecular weight is 294 g/mol. The SMILES string of the molecule is O=C(O)CNC(=O)CNC(=O)c1ccc2c(c1)OCCO2. The summed E-state index contributed by atoms with van der Waals surface area (Å²) < 4.78 is 10.7. The van der Waals surface area contributed by atoms with Gasteiger partial charge in [-0.2, -0.15) is 0 Å². The first kappa shape index (κ1) is 14.6. The molecule has 0 atom stereocenters. The maximum Gasteiger partial charge on any atom is 0.322 e. The maximum absolute atomic E-state index is 11.9. The van der Waals surface area contributed by atoms with Crippen molar-refractivity contribution in [2.24, 2.45) is 0 Å². The fraction of sp³-hybridized carbons (Fsp3) is 0.308. The number of aliphatic carboxylic acids is 1. The molecule has 0 bridgehead atoms. The zero-order chi connectivity index (χ0) is 15.2. The molecule has 2 rings (SSSR count). The molecule has 1 aliphatic rings. The van der Waals surface area contributed by atoms with Crippen LogP contribution in [0.4, 0.5) is 0 Å². The Bertz CT molecular complexity index is 572. The molecular formula is C13H14N2O6. The van der Waals surface area contributed by atoms with Gasteiger partial charge in [-0.05, 0) is 18.2 Å². The summed E-state index contributed by atoms with van der Waals surface area (Å²) in [4.78, 5) is 33.4. The number of rotatable bonds is 5. The summed E-state index contributed by atoms with van der Waals surface area (Å²) in [5.41, 5.74) is 0.324. The highest BCUT2D eigenvalue weighted by Gasteiger charge is 2.15. The molecule has 1 heterocycles. The molecule has 0 unspecified atom stereocenters. The molecule has 0 aliphatic carbocycles. The van der Waals surface area contributed by atoms with E-state index in [9.17, 15) is 14.4 Å². The minimum atomic E-state index is -1.15. The second-order valence-electron chi connectivity index (χ2n) is 4.21. The van der Waals surface area contributed by atoms with Crippen LogP contribution in [0, 0.1) is 0 Å². The van der Waals surface area contributed by atoms with Gasteiger partial charge in [0.25, 0.3) is 5.91 Å². The topological polar surface area (TPSA) is 114 Å². The molecule has 0 saturated carbocycles. The summed E-state index contributed by atoms with van der Waals surface area (Å²) in [6.07, 6.45) is 0. The van der Waals surface area contributed by atoms with Crippen LogP contribution in [0.2, 0.25) is 0 Å². The zero-order valence-corrected chi connectivity index (χ0v) is 11.0. The molecule has 21 heavy (non-hydrogen) atoms. The second-order valence-corrected chi connectivity index (χ2v) is 4.21.